The third-order valence-corrected chi connectivity index (χ3v) is 4.98. The summed E-state index contributed by atoms with van der Waals surface area (Å²) < 4.78 is 28.5. The van der Waals surface area contributed by atoms with Crippen LogP contribution in [-0.2, 0) is 16.6 Å². The number of nitrogens with one attached hydrogen (secondary N) is 1. The molecule has 18 heavy (non-hydrogen) atoms. The highest BCUT2D eigenvalue weighted by molar-refractivity contribution is 9.09. The van der Waals surface area contributed by atoms with Gasteiger partial charge in [-0.2, -0.15) is 0 Å². The average Bonchev–Trinajstić information content (AvgIpc) is 2.69. The Balaban J connectivity index is 2.82. The summed E-state index contributed by atoms with van der Waals surface area (Å²) in [6.07, 6.45) is 2.55. The van der Waals surface area contributed by atoms with Crippen LogP contribution in [0.2, 0.25) is 0 Å². The fourth-order valence-electron chi connectivity index (χ4n) is 1.46. The number of aryl methyl sites for hydroxylation is 2. The molecule has 104 valence electrons. The summed E-state index contributed by atoms with van der Waals surface area (Å²) in [4.78, 5) is 4.11. The number of aromatic nitrogens is 2. The zero-order chi connectivity index (χ0) is 13.8. The zero-order valence-corrected chi connectivity index (χ0v) is 13.4. The van der Waals surface area contributed by atoms with Crippen molar-refractivity contribution in [3.63, 3.8) is 0 Å². The summed E-state index contributed by atoms with van der Waals surface area (Å²) in [7, 11) is -3.49. The van der Waals surface area contributed by atoms with Crippen molar-refractivity contribution >= 4 is 26.0 Å². The van der Waals surface area contributed by atoms with E-state index in [1.165, 1.54) is 0 Å². The van der Waals surface area contributed by atoms with Gasteiger partial charge in [-0.05, 0) is 19.3 Å². The average molecular weight is 338 g/mol. The Labute approximate surface area is 117 Å². The van der Waals surface area contributed by atoms with Gasteiger partial charge in [0.1, 0.15) is 5.82 Å². The minimum Gasteiger partial charge on any atom is -0.334 e. The van der Waals surface area contributed by atoms with Crippen molar-refractivity contribution in [1.82, 2.24) is 14.3 Å². The fourth-order valence-corrected chi connectivity index (χ4v) is 2.86. The first-order chi connectivity index (χ1) is 8.40. The van der Waals surface area contributed by atoms with Gasteiger partial charge in [-0.3, -0.25) is 0 Å². The van der Waals surface area contributed by atoms with Crippen molar-refractivity contribution in [3.8, 4) is 0 Å². The first-order valence-electron chi connectivity index (χ1n) is 6.00. The molecule has 0 aliphatic rings. The fraction of sp³-hybridized carbons (Fsp3) is 0.727. The quantitative estimate of drug-likeness (QED) is 0.773. The van der Waals surface area contributed by atoms with Crippen LogP contribution in [0.4, 0.5) is 0 Å². The lowest BCUT2D eigenvalue weighted by Gasteiger charge is -2.08. The number of alkyl halides is 1. The summed E-state index contributed by atoms with van der Waals surface area (Å²) in [6, 6.07) is 0. The second-order valence-electron chi connectivity index (χ2n) is 4.43. The van der Waals surface area contributed by atoms with Gasteiger partial charge >= 0.3 is 0 Å². The van der Waals surface area contributed by atoms with E-state index in [4.69, 9.17) is 0 Å². The third-order valence-electron chi connectivity index (χ3n) is 2.58. The molecular weight excluding hydrogens is 318 g/mol. The normalized spacial score (nSPS) is 13.8. The van der Waals surface area contributed by atoms with Crippen molar-refractivity contribution in [2.45, 2.75) is 38.8 Å². The van der Waals surface area contributed by atoms with Gasteiger partial charge in [0.15, 0.2) is 5.03 Å². The molecular formula is C11H20BrN3O2S. The Morgan fingerprint density at radius 1 is 1.56 bits per heavy atom. The number of imidazole rings is 1. The second kappa shape index (κ2) is 6.68. The van der Waals surface area contributed by atoms with Crippen LogP contribution in [0.15, 0.2) is 11.2 Å². The van der Waals surface area contributed by atoms with Crippen LogP contribution >= 0.6 is 15.9 Å². The standard InChI is InChI=1S/C11H20BrN3O2S/c1-4-5-15-8-11(14-10(15)3)18(16,17)13-7-9(2)6-12/h8-9,13H,4-7H2,1-3H3. The van der Waals surface area contributed by atoms with E-state index in [0.717, 1.165) is 24.1 Å². The van der Waals surface area contributed by atoms with Gasteiger partial charge in [0.25, 0.3) is 10.0 Å². The Kier molecular flexibility index (Phi) is 5.81. The minimum absolute atomic E-state index is 0.107. The van der Waals surface area contributed by atoms with Crippen LogP contribution in [0.5, 0.6) is 0 Å². The van der Waals surface area contributed by atoms with E-state index in [2.05, 4.69) is 25.6 Å². The summed E-state index contributed by atoms with van der Waals surface area (Å²) in [6.45, 7) is 7.02. The first kappa shape index (κ1) is 15.7. The van der Waals surface area contributed by atoms with Gasteiger partial charge in [0.2, 0.25) is 0 Å². The Bertz CT molecular complexity index is 484. The van der Waals surface area contributed by atoms with Crippen molar-refractivity contribution in [2.75, 3.05) is 11.9 Å². The summed E-state index contributed by atoms with van der Waals surface area (Å²) >= 11 is 3.32. The topological polar surface area (TPSA) is 64.0 Å². The predicted molar refractivity (Wildman–Crippen MR) is 75.4 cm³/mol. The summed E-state index contributed by atoms with van der Waals surface area (Å²) in [5.74, 6) is 0.976. The lowest BCUT2D eigenvalue weighted by molar-refractivity contribution is 0.560. The monoisotopic (exact) mass is 337 g/mol. The van der Waals surface area contributed by atoms with Gasteiger partial charge in [-0.15, -0.1) is 0 Å². The van der Waals surface area contributed by atoms with Gasteiger partial charge in [0.05, 0.1) is 0 Å². The van der Waals surface area contributed by atoms with E-state index in [1.807, 2.05) is 25.3 Å². The Morgan fingerprint density at radius 2 is 2.22 bits per heavy atom. The van der Waals surface area contributed by atoms with E-state index in [1.54, 1.807) is 6.20 Å². The lowest BCUT2D eigenvalue weighted by atomic mass is 10.2. The lowest BCUT2D eigenvalue weighted by Crippen LogP contribution is -2.29. The molecule has 1 N–H and O–H groups in total. The Hall–Kier alpha value is -0.400. The van der Waals surface area contributed by atoms with Crippen LogP contribution < -0.4 is 4.72 Å². The third kappa shape index (κ3) is 4.07. The maximum absolute atomic E-state index is 12.0. The van der Waals surface area contributed by atoms with Gasteiger partial charge in [0, 0.05) is 24.6 Å². The van der Waals surface area contributed by atoms with Crippen molar-refractivity contribution in [3.05, 3.63) is 12.0 Å². The van der Waals surface area contributed by atoms with E-state index < -0.39 is 10.0 Å². The van der Waals surface area contributed by atoms with Crippen LogP contribution in [0.3, 0.4) is 0 Å². The molecule has 0 bridgehead atoms. The van der Waals surface area contributed by atoms with E-state index in [-0.39, 0.29) is 10.9 Å². The molecule has 1 atom stereocenters. The van der Waals surface area contributed by atoms with Gasteiger partial charge in [-0.1, -0.05) is 29.8 Å². The maximum Gasteiger partial charge on any atom is 0.259 e. The van der Waals surface area contributed by atoms with Crippen molar-refractivity contribution in [1.29, 1.82) is 0 Å². The van der Waals surface area contributed by atoms with Crippen LogP contribution in [0.25, 0.3) is 0 Å². The second-order valence-corrected chi connectivity index (χ2v) is 6.79. The summed E-state index contributed by atoms with van der Waals surface area (Å²) in [5, 5.41) is 0.869. The van der Waals surface area contributed by atoms with Crippen molar-refractivity contribution in [2.24, 2.45) is 5.92 Å². The highest BCUT2D eigenvalue weighted by Gasteiger charge is 2.19. The van der Waals surface area contributed by atoms with E-state index >= 15 is 0 Å². The molecule has 0 saturated heterocycles. The molecule has 5 nitrogen and oxygen atoms in total. The maximum atomic E-state index is 12.0. The largest absolute Gasteiger partial charge is 0.334 e. The van der Waals surface area contributed by atoms with Gasteiger partial charge < -0.3 is 4.57 Å². The van der Waals surface area contributed by atoms with E-state index in [9.17, 15) is 8.42 Å². The molecule has 1 heterocycles. The molecule has 0 aliphatic heterocycles. The number of halogens is 1. The van der Waals surface area contributed by atoms with E-state index in [0.29, 0.717) is 6.54 Å². The number of hydrogen-bond donors (Lipinski definition) is 1. The highest BCUT2D eigenvalue weighted by Crippen LogP contribution is 2.10. The zero-order valence-electron chi connectivity index (χ0n) is 11.0. The van der Waals surface area contributed by atoms with Gasteiger partial charge in [-0.25, -0.2) is 18.1 Å². The number of hydrogen-bond acceptors (Lipinski definition) is 3. The molecule has 7 heteroatoms. The number of sulfonamides is 1. The van der Waals surface area contributed by atoms with Crippen LogP contribution in [-0.4, -0.2) is 29.8 Å². The smallest absolute Gasteiger partial charge is 0.259 e. The molecule has 0 amide bonds. The Morgan fingerprint density at radius 3 is 2.78 bits per heavy atom. The molecule has 0 radical (unpaired) electrons. The van der Waals surface area contributed by atoms with Crippen molar-refractivity contribution < 1.29 is 8.42 Å². The molecule has 0 aliphatic carbocycles. The van der Waals surface area contributed by atoms with Crippen LogP contribution in [0, 0.1) is 12.8 Å². The molecule has 1 aromatic rings. The molecule has 0 saturated carbocycles. The molecule has 0 fully saturated rings. The highest BCUT2D eigenvalue weighted by atomic mass is 79.9. The number of rotatable bonds is 7. The predicted octanol–water partition coefficient (Wildman–Crippen LogP) is 1.91. The SMILES string of the molecule is CCCn1cc(S(=O)(=O)NCC(C)CBr)nc1C. The summed E-state index contributed by atoms with van der Waals surface area (Å²) in [5.41, 5.74) is 0. The number of nitrogens with zero attached hydrogens (tertiary/aromatic N) is 2. The molecule has 0 spiro atoms. The molecule has 0 aromatic carbocycles. The van der Waals surface area contributed by atoms with Crippen LogP contribution in [0.1, 0.15) is 26.1 Å². The molecule has 1 unspecified atom stereocenters. The molecule has 1 aromatic heterocycles. The minimum atomic E-state index is -3.49. The first-order valence-corrected chi connectivity index (χ1v) is 8.60. The molecule has 1 rings (SSSR count).